The van der Waals surface area contributed by atoms with E-state index >= 15 is 0 Å². The van der Waals surface area contributed by atoms with Crippen molar-refractivity contribution in [2.24, 2.45) is 0 Å². The molecule has 1 aliphatic rings. The quantitative estimate of drug-likeness (QED) is 0.780. The van der Waals surface area contributed by atoms with Crippen molar-refractivity contribution in [3.05, 3.63) is 29.3 Å². The van der Waals surface area contributed by atoms with E-state index in [4.69, 9.17) is 0 Å². The predicted molar refractivity (Wildman–Crippen MR) is 78.0 cm³/mol. The van der Waals surface area contributed by atoms with Gasteiger partial charge in [-0.2, -0.15) is 11.8 Å². The smallest absolute Gasteiger partial charge is 0.115 e. The van der Waals surface area contributed by atoms with Gasteiger partial charge in [-0.25, -0.2) is 0 Å². The van der Waals surface area contributed by atoms with Gasteiger partial charge in [0, 0.05) is 5.41 Å². The van der Waals surface area contributed by atoms with Crippen LogP contribution in [0.25, 0.3) is 0 Å². The molecular weight excluding hydrogens is 278 g/mol. The Morgan fingerprint density at radius 2 is 2.00 bits per heavy atom. The second-order valence-electron chi connectivity index (χ2n) is 5.29. The summed E-state index contributed by atoms with van der Waals surface area (Å²) in [4.78, 5) is 0. The number of phenols is 1. The topological polar surface area (TPSA) is 47.9 Å². The Morgan fingerprint density at radius 1 is 1.37 bits per heavy atom. The van der Waals surface area contributed by atoms with Gasteiger partial charge >= 0.3 is 0 Å². The summed E-state index contributed by atoms with van der Waals surface area (Å²) in [6, 6.07) is 6.30. The molecule has 0 spiro atoms. The third kappa shape index (κ3) is 2.61. The van der Waals surface area contributed by atoms with Crippen molar-refractivity contribution in [1.29, 1.82) is 0 Å². The van der Waals surface area contributed by atoms with Crippen LogP contribution in [0, 0.1) is 0 Å². The molecule has 4 heteroatoms. The Hall–Kier alpha value is -0.380. The van der Waals surface area contributed by atoms with E-state index < -0.39 is 0 Å². The van der Waals surface area contributed by atoms with Crippen LogP contribution in [0.2, 0.25) is 0 Å². The van der Waals surface area contributed by atoms with Crippen molar-refractivity contribution in [3.63, 3.8) is 0 Å². The minimum Gasteiger partial charge on any atom is -1.00 e. The largest absolute Gasteiger partial charge is 1.00 e. The monoisotopic (exact) mass is 301 g/mol. The number of aromatic hydroxyl groups is 1. The van der Waals surface area contributed by atoms with Gasteiger partial charge in [0.25, 0.3) is 0 Å². The van der Waals surface area contributed by atoms with Crippen LogP contribution in [0.5, 0.6) is 5.75 Å². The van der Waals surface area contributed by atoms with E-state index in [1.54, 1.807) is 0 Å². The van der Waals surface area contributed by atoms with Crippen LogP contribution in [-0.2, 0) is 11.8 Å². The third-order valence-electron chi connectivity index (χ3n) is 4.77. The van der Waals surface area contributed by atoms with Crippen molar-refractivity contribution >= 4 is 11.8 Å². The van der Waals surface area contributed by atoms with Gasteiger partial charge in [-0.1, -0.05) is 19.9 Å². The van der Waals surface area contributed by atoms with Crippen molar-refractivity contribution in [2.75, 3.05) is 6.26 Å². The Morgan fingerprint density at radius 3 is 2.53 bits per heavy atom. The Balaban J connectivity index is 0.00000180. The second-order valence-corrected chi connectivity index (χ2v) is 6.37. The summed E-state index contributed by atoms with van der Waals surface area (Å²) in [7, 11) is 0. The SMILES string of the molecule is CCC1(CC)c2cc(O)ccc2C[C@H](SC)[C@H]1[NH3+].[Cl-]. The van der Waals surface area contributed by atoms with E-state index in [9.17, 15) is 5.11 Å². The summed E-state index contributed by atoms with van der Waals surface area (Å²) in [5.41, 5.74) is 7.33. The summed E-state index contributed by atoms with van der Waals surface area (Å²) in [5.74, 6) is 0.384. The maximum atomic E-state index is 9.80. The van der Waals surface area contributed by atoms with Gasteiger partial charge < -0.3 is 23.2 Å². The van der Waals surface area contributed by atoms with Crippen molar-refractivity contribution in [1.82, 2.24) is 0 Å². The van der Waals surface area contributed by atoms with Crippen LogP contribution in [0.3, 0.4) is 0 Å². The lowest BCUT2D eigenvalue weighted by Crippen LogP contribution is -3.00. The first kappa shape index (κ1) is 16.7. The van der Waals surface area contributed by atoms with Gasteiger partial charge in [-0.3, -0.25) is 0 Å². The molecule has 0 radical (unpaired) electrons. The Bertz CT molecular complexity index is 434. The zero-order chi connectivity index (χ0) is 13.3. The summed E-state index contributed by atoms with van der Waals surface area (Å²) in [5, 5.41) is 10.4. The highest BCUT2D eigenvalue weighted by Crippen LogP contribution is 2.44. The fraction of sp³-hybridized carbons (Fsp3) is 0.600. The number of hydrogen-bond donors (Lipinski definition) is 2. The molecule has 2 atom stereocenters. The molecule has 2 rings (SSSR count). The van der Waals surface area contributed by atoms with E-state index in [2.05, 4.69) is 31.9 Å². The minimum absolute atomic E-state index is 0. The molecule has 0 amide bonds. The van der Waals surface area contributed by atoms with E-state index in [1.165, 1.54) is 11.1 Å². The molecule has 0 bridgehead atoms. The van der Waals surface area contributed by atoms with Crippen molar-refractivity contribution in [2.45, 2.75) is 49.8 Å². The summed E-state index contributed by atoms with van der Waals surface area (Å²) < 4.78 is 0. The van der Waals surface area contributed by atoms with E-state index in [0.29, 0.717) is 17.0 Å². The van der Waals surface area contributed by atoms with Crippen LogP contribution < -0.4 is 18.1 Å². The molecule has 0 saturated carbocycles. The molecule has 1 aliphatic carbocycles. The molecule has 0 fully saturated rings. The fourth-order valence-electron chi connectivity index (χ4n) is 3.52. The number of phenolic OH excluding ortho intramolecular Hbond substituents is 1. The Labute approximate surface area is 126 Å². The zero-order valence-electron chi connectivity index (χ0n) is 11.9. The minimum atomic E-state index is 0. The zero-order valence-corrected chi connectivity index (χ0v) is 13.5. The van der Waals surface area contributed by atoms with E-state index in [0.717, 1.165) is 19.3 Å². The molecule has 1 aromatic rings. The predicted octanol–water partition coefficient (Wildman–Crippen LogP) is -0.648. The van der Waals surface area contributed by atoms with Crippen LogP contribution in [0.15, 0.2) is 18.2 Å². The molecule has 0 aliphatic heterocycles. The van der Waals surface area contributed by atoms with E-state index in [-0.39, 0.29) is 17.8 Å². The number of thioether (sulfide) groups is 1. The van der Waals surface area contributed by atoms with Crippen LogP contribution in [-0.4, -0.2) is 22.7 Å². The second kappa shape index (κ2) is 6.38. The average Bonchev–Trinajstić information content (AvgIpc) is 2.39. The van der Waals surface area contributed by atoms with Crippen LogP contribution in [0.4, 0.5) is 0 Å². The van der Waals surface area contributed by atoms with Gasteiger partial charge in [0.2, 0.25) is 0 Å². The van der Waals surface area contributed by atoms with E-state index in [1.807, 2.05) is 23.9 Å². The number of benzene rings is 1. The van der Waals surface area contributed by atoms with Gasteiger partial charge in [0.1, 0.15) is 11.8 Å². The third-order valence-corrected chi connectivity index (χ3v) is 5.87. The molecule has 19 heavy (non-hydrogen) atoms. The number of fused-ring (bicyclic) bond motifs is 1. The van der Waals surface area contributed by atoms with Gasteiger partial charge in [-0.05, 0) is 48.8 Å². The number of hydrogen-bond acceptors (Lipinski definition) is 2. The molecule has 0 aromatic heterocycles. The first-order chi connectivity index (χ1) is 8.58. The maximum Gasteiger partial charge on any atom is 0.115 e. The molecule has 4 N–H and O–H groups in total. The summed E-state index contributed by atoms with van der Waals surface area (Å²) in [6.45, 7) is 4.50. The molecule has 1 aromatic carbocycles. The summed E-state index contributed by atoms with van der Waals surface area (Å²) >= 11 is 1.93. The highest BCUT2D eigenvalue weighted by atomic mass is 35.5. The number of quaternary nitrogens is 1. The van der Waals surface area contributed by atoms with Crippen molar-refractivity contribution in [3.8, 4) is 5.75 Å². The normalized spacial score (nSPS) is 24.4. The molecule has 108 valence electrons. The van der Waals surface area contributed by atoms with Gasteiger partial charge in [0.05, 0.1) is 5.25 Å². The molecule has 0 saturated heterocycles. The maximum absolute atomic E-state index is 9.80. The Kier molecular flexibility index (Phi) is 5.60. The van der Waals surface area contributed by atoms with Gasteiger partial charge in [0.15, 0.2) is 0 Å². The highest BCUT2D eigenvalue weighted by molar-refractivity contribution is 7.99. The molecule has 2 nitrogen and oxygen atoms in total. The first-order valence-corrected chi connectivity index (χ1v) is 8.06. The molecule has 0 unspecified atom stereocenters. The molecular formula is C15H24ClNOS. The number of halogens is 1. The highest BCUT2D eigenvalue weighted by Gasteiger charge is 2.47. The summed E-state index contributed by atoms with van der Waals surface area (Å²) in [6.07, 6.45) is 5.44. The standard InChI is InChI=1S/C15H23NOS.ClH/c1-4-15(5-2)12-9-11(17)7-6-10(12)8-13(18-3)14(15)16;/h6-7,9,13-14,17H,4-5,8,16H2,1-3H3;1H/t13-,14+;/m0./s1. The van der Waals surface area contributed by atoms with Crippen LogP contribution >= 0.6 is 11.8 Å². The lowest BCUT2D eigenvalue weighted by Gasteiger charge is -2.44. The fourth-order valence-corrected chi connectivity index (χ4v) is 4.46. The lowest BCUT2D eigenvalue weighted by atomic mass is 9.63. The van der Waals surface area contributed by atoms with Gasteiger partial charge in [-0.15, -0.1) is 0 Å². The first-order valence-electron chi connectivity index (χ1n) is 6.77. The van der Waals surface area contributed by atoms with Crippen molar-refractivity contribution < 1.29 is 23.2 Å². The molecule has 0 heterocycles. The van der Waals surface area contributed by atoms with Crippen LogP contribution in [0.1, 0.15) is 37.8 Å². The average molecular weight is 302 g/mol. The lowest BCUT2D eigenvalue weighted by molar-refractivity contribution is -0.439. The number of rotatable bonds is 3.